The number of nitrogens with zero attached hydrogens (tertiary/aromatic N) is 3. The van der Waals surface area contributed by atoms with Crippen molar-refractivity contribution in [2.75, 3.05) is 26.4 Å². The highest BCUT2D eigenvalue weighted by molar-refractivity contribution is 5.85. The molecule has 3 heterocycles. The van der Waals surface area contributed by atoms with Crippen molar-refractivity contribution in [3.05, 3.63) is 60.0 Å². The van der Waals surface area contributed by atoms with Crippen molar-refractivity contribution in [2.24, 2.45) is 11.7 Å². The summed E-state index contributed by atoms with van der Waals surface area (Å²) in [5.74, 6) is 3.48. The minimum absolute atomic E-state index is 0. The Hall–Kier alpha value is -2.61. The number of benzene rings is 2. The van der Waals surface area contributed by atoms with E-state index < -0.39 is 0 Å². The smallest absolute Gasteiger partial charge is 0.241 e. The van der Waals surface area contributed by atoms with Gasteiger partial charge in [0.1, 0.15) is 0 Å². The van der Waals surface area contributed by atoms with E-state index in [1.165, 1.54) is 5.56 Å². The highest BCUT2D eigenvalue weighted by atomic mass is 35.5. The zero-order chi connectivity index (χ0) is 18.9. The monoisotopic (exact) mass is 414 g/mol. The van der Waals surface area contributed by atoms with Crippen LogP contribution in [0.4, 0.5) is 0 Å². The van der Waals surface area contributed by atoms with Gasteiger partial charge < -0.3 is 19.7 Å². The van der Waals surface area contributed by atoms with Crippen LogP contribution in [0.2, 0.25) is 0 Å². The summed E-state index contributed by atoms with van der Waals surface area (Å²) in [6, 6.07) is 16.2. The Morgan fingerprint density at radius 1 is 1.03 bits per heavy atom. The molecule has 0 spiro atoms. The maximum Gasteiger partial charge on any atom is 0.241 e. The Morgan fingerprint density at radius 2 is 1.86 bits per heavy atom. The number of nitrogens with two attached hydrogens (primary N) is 1. The lowest BCUT2D eigenvalue weighted by atomic mass is 9.89. The Morgan fingerprint density at radius 3 is 2.69 bits per heavy atom. The van der Waals surface area contributed by atoms with Crippen LogP contribution in [0.5, 0.6) is 11.5 Å². The summed E-state index contributed by atoms with van der Waals surface area (Å²) < 4.78 is 16.3. The van der Waals surface area contributed by atoms with Crippen LogP contribution in [0.15, 0.2) is 53.1 Å². The minimum Gasteiger partial charge on any atom is -0.454 e. The van der Waals surface area contributed by atoms with Crippen LogP contribution in [0.25, 0.3) is 11.4 Å². The quantitative estimate of drug-likeness (QED) is 0.686. The molecule has 7 nitrogen and oxygen atoms in total. The number of likely N-dealkylation sites (tertiary alicyclic amines) is 1. The van der Waals surface area contributed by atoms with E-state index in [-0.39, 0.29) is 19.2 Å². The van der Waals surface area contributed by atoms with Gasteiger partial charge in [-0.05, 0) is 36.2 Å². The summed E-state index contributed by atoms with van der Waals surface area (Å²) >= 11 is 0. The fraction of sp³-hybridized carbons (Fsp3) is 0.333. The average molecular weight is 415 g/mol. The van der Waals surface area contributed by atoms with Crippen LogP contribution in [0.1, 0.15) is 17.4 Å². The summed E-state index contributed by atoms with van der Waals surface area (Å²) in [7, 11) is 0. The van der Waals surface area contributed by atoms with E-state index in [4.69, 9.17) is 19.7 Å². The SMILES string of the molecule is Cl.NC[C@@H]1CN(Cc2nc(-c3ccc4c(c3)OCO4)no2)C[C@H]1c1ccccc1. The molecule has 0 amide bonds. The number of rotatable bonds is 5. The molecule has 1 saturated heterocycles. The molecule has 2 aromatic carbocycles. The molecule has 2 N–H and O–H groups in total. The first kappa shape index (κ1) is 19.7. The van der Waals surface area contributed by atoms with Crippen LogP contribution in [-0.4, -0.2) is 41.5 Å². The fourth-order valence-corrected chi connectivity index (χ4v) is 4.07. The summed E-state index contributed by atoms with van der Waals surface area (Å²) in [4.78, 5) is 6.91. The zero-order valence-corrected chi connectivity index (χ0v) is 16.7. The van der Waals surface area contributed by atoms with Gasteiger partial charge in [0.15, 0.2) is 11.5 Å². The highest BCUT2D eigenvalue weighted by Gasteiger charge is 2.33. The molecule has 5 rings (SSSR count). The average Bonchev–Trinajstić information content (AvgIpc) is 3.47. The topological polar surface area (TPSA) is 86.6 Å². The Balaban J connectivity index is 0.00000205. The van der Waals surface area contributed by atoms with Crippen molar-refractivity contribution in [3.8, 4) is 22.9 Å². The van der Waals surface area contributed by atoms with E-state index in [0.29, 0.717) is 42.4 Å². The van der Waals surface area contributed by atoms with Gasteiger partial charge in [0.25, 0.3) is 0 Å². The van der Waals surface area contributed by atoms with Gasteiger partial charge in [-0.15, -0.1) is 12.4 Å². The van der Waals surface area contributed by atoms with Crippen molar-refractivity contribution in [1.29, 1.82) is 0 Å². The van der Waals surface area contributed by atoms with E-state index in [9.17, 15) is 0 Å². The standard InChI is InChI=1S/C21H22N4O3.ClH/c22-9-16-10-25(11-17(16)14-4-2-1-3-5-14)12-20-23-21(24-28-20)15-6-7-18-19(8-15)27-13-26-18;/h1-8,16-17H,9-13,22H2;1H/t16-,17+;/m1./s1. The first-order chi connectivity index (χ1) is 13.8. The maximum absolute atomic E-state index is 6.04. The molecule has 0 bridgehead atoms. The van der Waals surface area contributed by atoms with Crippen LogP contribution >= 0.6 is 12.4 Å². The van der Waals surface area contributed by atoms with Crippen molar-refractivity contribution in [2.45, 2.75) is 12.5 Å². The van der Waals surface area contributed by atoms with E-state index in [0.717, 1.165) is 24.4 Å². The second kappa shape index (κ2) is 8.41. The second-order valence-corrected chi connectivity index (χ2v) is 7.29. The van der Waals surface area contributed by atoms with Gasteiger partial charge in [0, 0.05) is 24.6 Å². The summed E-state index contributed by atoms with van der Waals surface area (Å²) in [5.41, 5.74) is 8.23. The third-order valence-electron chi connectivity index (χ3n) is 5.50. The molecule has 2 aliphatic rings. The van der Waals surface area contributed by atoms with Crippen molar-refractivity contribution >= 4 is 12.4 Å². The molecule has 3 aromatic rings. The number of ether oxygens (including phenoxy) is 2. The Kier molecular flexibility index (Phi) is 5.71. The lowest BCUT2D eigenvalue weighted by molar-refractivity contribution is 0.174. The van der Waals surface area contributed by atoms with Gasteiger partial charge >= 0.3 is 0 Å². The van der Waals surface area contributed by atoms with E-state index in [2.05, 4.69) is 39.3 Å². The predicted molar refractivity (Wildman–Crippen MR) is 110 cm³/mol. The Bertz CT molecular complexity index is 966. The largest absolute Gasteiger partial charge is 0.454 e. The molecular formula is C21H23ClN4O3. The molecule has 1 aromatic heterocycles. The first-order valence-corrected chi connectivity index (χ1v) is 9.50. The van der Waals surface area contributed by atoms with E-state index in [1.54, 1.807) is 0 Å². The molecule has 0 unspecified atom stereocenters. The van der Waals surface area contributed by atoms with Gasteiger partial charge in [-0.1, -0.05) is 35.5 Å². The Labute approximate surface area is 175 Å². The van der Waals surface area contributed by atoms with Gasteiger partial charge in [-0.2, -0.15) is 4.98 Å². The van der Waals surface area contributed by atoms with Gasteiger partial charge in [0.05, 0.1) is 6.54 Å². The molecule has 0 aliphatic carbocycles. The molecule has 0 radical (unpaired) electrons. The van der Waals surface area contributed by atoms with Crippen molar-refractivity contribution in [1.82, 2.24) is 15.0 Å². The fourth-order valence-electron chi connectivity index (χ4n) is 4.07. The number of hydrogen-bond donors (Lipinski definition) is 1. The zero-order valence-electron chi connectivity index (χ0n) is 15.9. The molecule has 2 atom stereocenters. The van der Waals surface area contributed by atoms with Crippen LogP contribution in [-0.2, 0) is 6.54 Å². The molecular weight excluding hydrogens is 392 g/mol. The van der Waals surface area contributed by atoms with Crippen molar-refractivity contribution in [3.63, 3.8) is 0 Å². The van der Waals surface area contributed by atoms with Crippen LogP contribution < -0.4 is 15.2 Å². The first-order valence-electron chi connectivity index (χ1n) is 9.50. The second-order valence-electron chi connectivity index (χ2n) is 7.29. The van der Waals surface area contributed by atoms with Crippen molar-refractivity contribution < 1.29 is 14.0 Å². The molecule has 152 valence electrons. The minimum atomic E-state index is 0. The lowest BCUT2D eigenvalue weighted by Crippen LogP contribution is -2.23. The predicted octanol–water partition coefficient (Wildman–Crippen LogP) is 3.06. The molecule has 8 heteroatoms. The molecule has 0 saturated carbocycles. The van der Waals surface area contributed by atoms with Gasteiger partial charge in [-0.25, -0.2) is 0 Å². The molecule has 1 fully saturated rings. The normalized spacial score (nSPS) is 20.6. The van der Waals surface area contributed by atoms with Gasteiger partial charge in [0.2, 0.25) is 18.5 Å². The number of halogens is 1. The third kappa shape index (κ3) is 3.94. The van der Waals surface area contributed by atoms with Crippen LogP contribution in [0, 0.1) is 5.92 Å². The lowest BCUT2D eigenvalue weighted by Gasteiger charge is -2.16. The third-order valence-corrected chi connectivity index (χ3v) is 5.50. The van der Waals surface area contributed by atoms with Crippen LogP contribution in [0.3, 0.4) is 0 Å². The molecule has 29 heavy (non-hydrogen) atoms. The maximum atomic E-state index is 6.04. The number of hydrogen-bond acceptors (Lipinski definition) is 7. The summed E-state index contributed by atoms with van der Waals surface area (Å²) in [5, 5.41) is 4.14. The highest BCUT2D eigenvalue weighted by Crippen LogP contribution is 2.36. The summed E-state index contributed by atoms with van der Waals surface area (Å²) in [6.07, 6.45) is 0. The number of fused-ring (bicyclic) bond motifs is 1. The number of aromatic nitrogens is 2. The van der Waals surface area contributed by atoms with Gasteiger partial charge in [-0.3, -0.25) is 4.90 Å². The van der Waals surface area contributed by atoms with E-state index >= 15 is 0 Å². The van der Waals surface area contributed by atoms with E-state index in [1.807, 2.05) is 24.3 Å². The summed E-state index contributed by atoms with van der Waals surface area (Å²) in [6.45, 7) is 3.40. The molecule has 2 aliphatic heterocycles.